The van der Waals surface area contributed by atoms with Gasteiger partial charge in [0.15, 0.2) is 11.5 Å². The van der Waals surface area contributed by atoms with E-state index in [1.807, 2.05) is 26.0 Å². The third-order valence-corrected chi connectivity index (χ3v) is 2.01. The molecule has 72 valence electrons. The normalized spacial score (nSPS) is 10.4. The maximum absolute atomic E-state index is 5.61. The average Bonchev–Trinajstić information content (AvgIpc) is 2.49. The molecule has 0 bridgehead atoms. The van der Waals surface area contributed by atoms with Crippen molar-refractivity contribution in [1.29, 1.82) is 0 Å². The zero-order valence-corrected chi connectivity index (χ0v) is 8.11. The van der Waals surface area contributed by atoms with Gasteiger partial charge >= 0.3 is 0 Å². The summed E-state index contributed by atoms with van der Waals surface area (Å²) in [5.74, 6) is 0.329. The number of benzene rings is 1. The van der Waals surface area contributed by atoms with Gasteiger partial charge in [0.1, 0.15) is 0 Å². The predicted octanol–water partition coefficient (Wildman–Crippen LogP) is 1.94. The highest BCUT2D eigenvalue weighted by Gasteiger charge is 2.09. The van der Waals surface area contributed by atoms with Crippen molar-refractivity contribution in [3.63, 3.8) is 0 Å². The molecule has 1 aromatic heterocycles. The van der Waals surface area contributed by atoms with Gasteiger partial charge < -0.3 is 5.73 Å². The molecule has 0 aliphatic carbocycles. The molecule has 0 amide bonds. The zero-order valence-electron chi connectivity index (χ0n) is 8.11. The molecule has 0 aliphatic rings. The lowest BCUT2D eigenvalue weighted by molar-refractivity contribution is 0.310. The number of hydrogen-bond acceptors (Lipinski definition) is 4. The third-order valence-electron chi connectivity index (χ3n) is 2.01. The first-order chi connectivity index (χ1) is 6.66. The Balaban J connectivity index is 2.57. The number of aromatic nitrogens is 2. The molecule has 0 radical (unpaired) electrons. The second-order valence-corrected chi connectivity index (χ2v) is 3.37. The largest absolute Gasteiger partial charge is 0.379 e. The van der Waals surface area contributed by atoms with E-state index in [1.165, 1.54) is 11.1 Å². The standard InChI is InChI=1S/C10H11N3O/c1-6-3-7(2)5-8(4-6)9-10(11)13-14-12-9/h3-5H,1-2H3,(H2,11,13). The second-order valence-electron chi connectivity index (χ2n) is 3.37. The summed E-state index contributed by atoms with van der Waals surface area (Å²) in [6.45, 7) is 4.06. The van der Waals surface area contributed by atoms with E-state index < -0.39 is 0 Å². The minimum Gasteiger partial charge on any atom is -0.379 e. The molecular formula is C10H11N3O. The number of rotatable bonds is 1. The Morgan fingerprint density at radius 2 is 1.71 bits per heavy atom. The first-order valence-electron chi connectivity index (χ1n) is 4.33. The van der Waals surface area contributed by atoms with Crippen molar-refractivity contribution >= 4 is 5.82 Å². The van der Waals surface area contributed by atoms with Crippen LogP contribution in [0.2, 0.25) is 0 Å². The van der Waals surface area contributed by atoms with Crippen LogP contribution >= 0.6 is 0 Å². The predicted molar refractivity (Wildman–Crippen MR) is 53.6 cm³/mol. The van der Waals surface area contributed by atoms with E-state index in [2.05, 4.69) is 21.0 Å². The Morgan fingerprint density at radius 3 is 2.21 bits per heavy atom. The molecule has 2 N–H and O–H groups in total. The highest BCUT2D eigenvalue weighted by atomic mass is 16.6. The number of hydrogen-bond donors (Lipinski definition) is 1. The number of aryl methyl sites for hydroxylation is 2. The van der Waals surface area contributed by atoms with E-state index in [0.717, 1.165) is 5.56 Å². The summed E-state index contributed by atoms with van der Waals surface area (Å²) in [6.07, 6.45) is 0. The topological polar surface area (TPSA) is 64.9 Å². The van der Waals surface area contributed by atoms with Crippen LogP contribution < -0.4 is 5.73 Å². The molecule has 1 aromatic carbocycles. The van der Waals surface area contributed by atoms with Gasteiger partial charge in [-0.3, -0.25) is 0 Å². The fraction of sp³-hybridized carbons (Fsp3) is 0.200. The highest BCUT2D eigenvalue weighted by Crippen LogP contribution is 2.23. The Bertz CT molecular complexity index is 442. The smallest absolute Gasteiger partial charge is 0.196 e. The maximum atomic E-state index is 5.61. The lowest BCUT2D eigenvalue weighted by atomic mass is 10.1. The minimum absolute atomic E-state index is 0.329. The molecule has 0 aliphatic heterocycles. The molecule has 0 spiro atoms. The molecule has 0 unspecified atom stereocenters. The first-order valence-corrected chi connectivity index (χ1v) is 4.33. The van der Waals surface area contributed by atoms with Crippen LogP contribution in [0.4, 0.5) is 5.82 Å². The van der Waals surface area contributed by atoms with E-state index in [9.17, 15) is 0 Å². The summed E-state index contributed by atoms with van der Waals surface area (Å²) in [5.41, 5.74) is 9.50. The van der Waals surface area contributed by atoms with Gasteiger partial charge in [0, 0.05) is 5.56 Å². The molecule has 0 atom stereocenters. The Labute approximate surface area is 81.7 Å². The van der Waals surface area contributed by atoms with Gasteiger partial charge in [0.2, 0.25) is 0 Å². The molecular weight excluding hydrogens is 178 g/mol. The molecule has 2 rings (SSSR count). The van der Waals surface area contributed by atoms with E-state index in [0.29, 0.717) is 11.5 Å². The number of anilines is 1. The number of nitrogen functional groups attached to an aromatic ring is 1. The molecule has 4 nitrogen and oxygen atoms in total. The SMILES string of the molecule is Cc1cc(C)cc(-c2nonc2N)c1. The van der Waals surface area contributed by atoms with Crippen LogP contribution in [0.25, 0.3) is 11.3 Å². The van der Waals surface area contributed by atoms with Crippen LogP contribution in [-0.2, 0) is 0 Å². The molecule has 0 fully saturated rings. The van der Waals surface area contributed by atoms with Crippen LogP contribution in [0.1, 0.15) is 11.1 Å². The maximum Gasteiger partial charge on any atom is 0.196 e. The number of nitrogens with zero attached hydrogens (tertiary/aromatic N) is 2. The zero-order chi connectivity index (χ0) is 10.1. The van der Waals surface area contributed by atoms with Crippen molar-refractivity contribution in [3.05, 3.63) is 29.3 Å². The summed E-state index contributed by atoms with van der Waals surface area (Å²) < 4.78 is 4.55. The highest BCUT2D eigenvalue weighted by molar-refractivity contribution is 5.69. The first kappa shape index (κ1) is 8.74. The summed E-state index contributed by atoms with van der Waals surface area (Å²) >= 11 is 0. The van der Waals surface area contributed by atoms with Gasteiger partial charge in [-0.2, -0.15) is 0 Å². The van der Waals surface area contributed by atoms with Crippen LogP contribution in [0, 0.1) is 13.8 Å². The summed E-state index contributed by atoms with van der Waals surface area (Å²) in [6, 6.07) is 6.10. The molecule has 1 heterocycles. The Morgan fingerprint density at radius 1 is 1.07 bits per heavy atom. The van der Waals surface area contributed by atoms with Gasteiger partial charge in [-0.15, -0.1) is 0 Å². The molecule has 2 aromatic rings. The summed E-state index contributed by atoms with van der Waals surface area (Å²) in [7, 11) is 0. The van der Waals surface area contributed by atoms with Crippen molar-refractivity contribution in [1.82, 2.24) is 10.3 Å². The Hall–Kier alpha value is -1.84. The van der Waals surface area contributed by atoms with E-state index in [4.69, 9.17) is 5.73 Å². The van der Waals surface area contributed by atoms with Crippen LogP contribution in [0.15, 0.2) is 22.8 Å². The van der Waals surface area contributed by atoms with Gasteiger partial charge in [-0.25, -0.2) is 4.63 Å². The lowest BCUT2D eigenvalue weighted by Crippen LogP contribution is -1.89. The molecule has 0 saturated heterocycles. The van der Waals surface area contributed by atoms with E-state index >= 15 is 0 Å². The summed E-state index contributed by atoms with van der Waals surface area (Å²) in [4.78, 5) is 0. The van der Waals surface area contributed by atoms with Gasteiger partial charge in [-0.05, 0) is 36.3 Å². The molecule has 4 heteroatoms. The Kier molecular flexibility index (Phi) is 1.96. The lowest BCUT2D eigenvalue weighted by Gasteiger charge is -2.00. The van der Waals surface area contributed by atoms with Crippen LogP contribution in [0.5, 0.6) is 0 Å². The van der Waals surface area contributed by atoms with Crippen LogP contribution in [-0.4, -0.2) is 10.3 Å². The van der Waals surface area contributed by atoms with E-state index in [1.54, 1.807) is 0 Å². The van der Waals surface area contributed by atoms with Crippen molar-refractivity contribution < 1.29 is 4.63 Å². The van der Waals surface area contributed by atoms with Crippen molar-refractivity contribution in [2.45, 2.75) is 13.8 Å². The minimum atomic E-state index is 0.329. The average molecular weight is 189 g/mol. The van der Waals surface area contributed by atoms with Gasteiger partial charge in [0.05, 0.1) is 0 Å². The van der Waals surface area contributed by atoms with Gasteiger partial charge in [-0.1, -0.05) is 17.2 Å². The van der Waals surface area contributed by atoms with Crippen molar-refractivity contribution in [2.75, 3.05) is 5.73 Å². The number of nitrogens with two attached hydrogens (primary N) is 1. The van der Waals surface area contributed by atoms with Crippen molar-refractivity contribution in [2.24, 2.45) is 0 Å². The third kappa shape index (κ3) is 1.46. The van der Waals surface area contributed by atoms with Crippen LogP contribution in [0.3, 0.4) is 0 Å². The summed E-state index contributed by atoms with van der Waals surface area (Å²) in [5, 5.41) is 7.30. The monoisotopic (exact) mass is 189 g/mol. The fourth-order valence-electron chi connectivity index (χ4n) is 1.51. The molecule has 0 saturated carbocycles. The van der Waals surface area contributed by atoms with Crippen molar-refractivity contribution in [3.8, 4) is 11.3 Å². The van der Waals surface area contributed by atoms with E-state index in [-0.39, 0.29) is 0 Å². The van der Waals surface area contributed by atoms with Gasteiger partial charge in [0.25, 0.3) is 0 Å². The fourth-order valence-corrected chi connectivity index (χ4v) is 1.51. The quantitative estimate of drug-likeness (QED) is 0.744. The molecule has 14 heavy (non-hydrogen) atoms. The second kappa shape index (κ2) is 3.14.